The van der Waals surface area contributed by atoms with Gasteiger partial charge in [-0.25, -0.2) is 4.79 Å². The molecule has 2 aliphatic heterocycles. The minimum absolute atomic E-state index is 0.478. The highest BCUT2D eigenvalue weighted by atomic mass is 16.4. The highest BCUT2D eigenvalue weighted by Gasteiger charge is 2.38. The first-order valence-corrected chi connectivity index (χ1v) is 6.91. The fraction of sp³-hybridized carbons (Fsp3) is 0.438. The number of nitrogens with zero attached hydrogens (tertiary/aromatic N) is 1. The Balaban J connectivity index is 1.86. The van der Waals surface area contributed by atoms with Gasteiger partial charge in [0, 0.05) is 23.8 Å². The summed E-state index contributed by atoms with van der Waals surface area (Å²) in [6.45, 7) is 2.12. The van der Waals surface area contributed by atoms with E-state index in [4.69, 9.17) is 5.11 Å². The number of carboxylic acids is 1. The Morgan fingerprint density at radius 2 is 2.00 bits per heavy atom. The lowest BCUT2D eigenvalue weighted by atomic mass is 9.95. The van der Waals surface area contributed by atoms with Crippen molar-refractivity contribution in [2.24, 2.45) is 0 Å². The van der Waals surface area contributed by atoms with Gasteiger partial charge in [-0.3, -0.25) is 0 Å². The second-order valence-corrected chi connectivity index (χ2v) is 5.68. The van der Waals surface area contributed by atoms with E-state index in [-0.39, 0.29) is 0 Å². The van der Waals surface area contributed by atoms with Crippen LogP contribution in [0.15, 0.2) is 35.9 Å². The summed E-state index contributed by atoms with van der Waals surface area (Å²) in [7, 11) is 0. The number of carbonyl (C=O) groups is 1. The molecule has 0 spiro atoms. The molecule has 2 atom stereocenters. The summed E-state index contributed by atoms with van der Waals surface area (Å²) in [4.78, 5) is 13.3. The predicted molar refractivity (Wildman–Crippen MR) is 75.4 cm³/mol. The summed E-state index contributed by atoms with van der Waals surface area (Å²) in [5.41, 5.74) is 3.68. The maximum absolute atomic E-state index is 10.8. The Hall–Kier alpha value is -1.77. The minimum atomic E-state index is -0.807. The van der Waals surface area contributed by atoms with Gasteiger partial charge in [-0.2, -0.15) is 0 Å². The standard InChI is InChI=1S/C16H19NO2/c1-11-3-2-4-13(7-11)17-14-5-6-15(17)9-12(8-14)10-16(18)19/h2-4,7,10,14-15H,5-6,8-9H2,1H3,(H,18,19). The van der Waals surface area contributed by atoms with Crippen molar-refractivity contribution in [2.75, 3.05) is 4.90 Å². The number of piperidine rings is 1. The van der Waals surface area contributed by atoms with E-state index in [9.17, 15) is 4.79 Å². The van der Waals surface area contributed by atoms with Crippen LogP contribution in [-0.2, 0) is 4.79 Å². The fourth-order valence-electron chi connectivity index (χ4n) is 3.55. The lowest BCUT2D eigenvalue weighted by molar-refractivity contribution is -0.131. The summed E-state index contributed by atoms with van der Waals surface area (Å²) < 4.78 is 0. The minimum Gasteiger partial charge on any atom is -0.478 e. The van der Waals surface area contributed by atoms with Gasteiger partial charge in [0.1, 0.15) is 0 Å². The molecule has 1 N–H and O–H groups in total. The molecule has 3 heteroatoms. The Morgan fingerprint density at radius 3 is 2.58 bits per heavy atom. The van der Waals surface area contributed by atoms with Crippen molar-refractivity contribution in [3.05, 3.63) is 41.5 Å². The van der Waals surface area contributed by atoms with Gasteiger partial charge in [-0.1, -0.05) is 17.7 Å². The number of anilines is 1. The fourth-order valence-corrected chi connectivity index (χ4v) is 3.55. The van der Waals surface area contributed by atoms with Gasteiger partial charge in [-0.15, -0.1) is 0 Å². The summed E-state index contributed by atoms with van der Waals surface area (Å²) in [6.07, 6.45) is 5.57. The summed E-state index contributed by atoms with van der Waals surface area (Å²) in [5, 5.41) is 8.89. The Morgan fingerprint density at radius 1 is 1.32 bits per heavy atom. The van der Waals surface area contributed by atoms with E-state index in [1.54, 1.807) is 0 Å². The van der Waals surface area contributed by atoms with E-state index in [1.807, 2.05) is 0 Å². The van der Waals surface area contributed by atoms with Crippen molar-refractivity contribution < 1.29 is 9.90 Å². The van der Waals surface area contributed by atoms with Gasteiger partial charge in [0.2, 0.25) is 0 Å². The third-order valence-electron chi connectivity index (χ3n) is 4.24. The third kappa shape index (κ3) is 2.37. The number of hydrogen-bond donors (Lipinski definition) is 1. The maximum Gasteiger partial charge on any atom is 0.328 e. The SMILES string of the molecule is Cc1cccc(N2C3CCC2CC(=CC(=O)O)C3)c1. The number of carboxylic acid groups (broad SMARTS) is 1. The van der Waals surface area contributed by atoms with E-state index in [2.05, 4.69) is 36.1 Å². The van der Waals surface area contributed by atoms with Crippen LogP contribution in [0.5, 0.6) is 0 Å². The number of aliphatic carboxylic acids is 1. The molecule has 0 aromatic heterocycles. The van der Waals surface area contributed by atoms with Gasteiger partial charge in [0.25, 0.3) is 0 Å². The van der Waals surface area contributed by atoms with E-state index < -0.39 is 5.97 Å². The van der Waals surface area contributed by atoms with Gasteiger partial charge < -0.3 is 10.0 Å². The van der Waals surface area contributed by atoms with Crippen molar-refractivity contribution in [2.45, 2.75) is 44.7 Å². The van der Waals surface area contributed by atoms with Crippen LogP contribution in [0.2, 0.25) is 0 Å². The van der Waals surface area contributed by atoms with E-state index >= 15 is 0 Å². The lowest BCUT2D eigenvalue weighted by Gasteiger charge is -2.38. The molecule has 100 valence electrons. The molecule has 2 fully saturated rings. The van der Waals surface area contributed by atoms with Crippen molar-refractivity contribution in [3.8, 4) is 0 Å². The first kappa shape index (κ1) is 12.3. The number of rotatable bonds is 2. The van der Waals surface area contributed by atoms with E-state index in [1.165, 1.54) is 30.2 Å². The summed E-state index contributed by atoms with van der Waals surface area (Å²) >= 11 is 0. The molecule has 2 saturated heterocycles. The van der Waals surface area contributed by atoms with Crippen LogP contribution in [0, 0.1) is 6.92 Å². The maximum atomic E-state index is 10.8. The first-order chi connectivity index (χ1) is 9.13. The first-order valence-electron chi connectivity index (χ1n) is 6.91. The Kier molecular flexibility index (Phi) is 3.05. The Labute approximate surface area is 113 Å². The van der Waals surface area contributed by atoms with Crippen LogP contribution in [0.1, 0.15) is 31.2 Å². The topological polar surface area (TPSA) is 40.5 Å². The highest BCUT2D eigenvalue weighted by molar-refractivity contribution is 5.80. The van der Waals surface area contributed by atoms with Crippen molar-refractivity contribution in [1.82, 2.24) is 0 Å². The zero-order valence-corrected chi connectivity index (χ0v) is 11.2. The lowest BCUT2D eigenvalue weighted by Crippen LogP contribution is -2.40. The van der Waals surface area contributed by atoms with Crippen LogP contribution in [0.3, 0.4) is 0 Å². The average molecular weight is 257 g/mol. The molecule has 1 aromatic carbocycles. The molecular formula is C16H19NO2. The molecule has 0 saturated carbocycles. The molecule has 2 bridgehead atoms. The monoisotopic (exact) mass is 257 g/mol. The molecule has 3 rings (SSSR count). The van der Waals surface area contributed by atoms with Crippen LogP contribution >= 0.6 is 0 Å². The van der Waals surface area contributed by atoms with Gasteiger partial charge in [-0.05, 0) is 50.3 Å². The molecule has 2 unspecified atom stereocenters. The van der Waals surface area contributed by atoms with Crippen molar-refractivity contribution in [1.29, 1.82) is 0 Å². The largest absolute Gasteiger partial charge is 0.478 e. The van der Waals surface area contributed by atoms with Crippen LogP contribution in [0.25, 0.3) is 0 Å². The van der Waals surface area contributed by atoms with Gasteiger partial charge >= 0.3 is 5.97 Å². The summed E-state index contributed by atoms with van der Waals surface area (Å²) in [5.74, 6) is -0.807. The molecule has 19 heavy (non-hydrogen) atoms. The molecule has 2 aliphatic rings. The summed E-state index contributed by atoms with van der Waals surface area (Å²) in [6, 6.07) is 9.58. The quantitative estimate of drug-likeness (QED) is 0.827. The molecule has 1 aromatic rings. The number of fused-ring (bicyclic) bond motifs is 2. The number of benzene rings is 1. The average Bonchev–Trinajstić information content (AvgIpc) is 2.61. The van der Waals surface area contributed by atoms with E-state index in [0.29, 0.717) is 12.1 Å². The molecule has 3 nitrogen and oxygen atoms in total. The molecular weight excluding hydrogens is 238 g/mol. The molecule has 2 heterocycles. The highest BCUT2D eigenvalue weighted by Crippen LogP contribution is 2.41. The van der Waals surface area contributed by atoms with Crippen LogP contribution < -0.4 is 4.90 Å². The normalized spacial score (nSPS) is 25.5. The third-order valence-corrected chi connectivity index (χ3v) is 4.24. The van der Waals surface area contributed by atoms with Crippen LogP contribution in [-0.4, -0.2) is 23.2 Å². The van der Waals surface area contributed by atoms with E-state index in [0.717, 1.165) is 18.4 Å². The van der Waals surface area contributed by atoms with Crippen molar-refractivity contribution >= 4 is 11.7 Å². The zero-order chi connectivity index (χ0) is 13.4. The number of hydrogen-bond acceptors (Lipinski definition) is 2. The van der Waals surface area contributed by atoms with Crippen molar-refractivity contribution in [3.63, 3.8) is 0 Å². The second-order valence-electron chi connectivity index (χ2n) is 5.68. The molecule has 0 amide bonds. The zero-order valence-electron chi connectivity index (χ0n) is 11.2. The number of aryl methyl sites for hydroxylation is 1. The Bertz CT molecular complexity index is 519. The van der Waals surface area contributed by atoms with Gasteiger partial charge in [0.05, 0.1) is 0 Å². The van der Waals surface area contributed by atoms with Gasteiger partial charge in [0.15, 0.2) is 0 Å². The molecule has 0 radical (unpaired) electrons. The molecule has 0 aliphatic carbocycles. The smallest absolute Gasteiger partial charge is 0.328 e. The predicted octanol–water partition coefficient (Wildman–Crippen LogP) is 3.14. The second kappa shape index (κ2) is 4.72. The van der Waals surface area contributed by atoms with Crippen LogP contribution in [0.4, 0.5) is 5.69 Å².